The molecule has 1 N–H and O–H groups in total. The molecule has 0 radical (unpaired) electrons. The van der Waals surface area contributed by atoms with Crippen molar-refractivity contribution in [1.29, 1.82) is 0 Å². The number of carboxylic acids is 1. The maximum Gasteiger partial charge on any atom is 0.371 e. The Morgan fingerprint density at radius 2 is 2.12 bits per heavy atom. The molecule has 0 fully saturated rings. The number of ether oxygens (including phenoxy) is 1. The number of methoxy groups -OCH3 is 1. The Kier molecular flexibility index (Phi) is 3.82. The number of carbonyl (C=O) groups is 1. The molecule has 0 saturated heterocycles. The second-order valence-corrected chi connectivity index (χ2v) is 6.40. The van der Waals surface area contributed by atoms with Crippen molar-refractivity contribution in [1.82, 2.24) is 4.57 Å². The van der Waals surface area contributed by atoms with Crippen molar-refractivity contribution >= 4 is 28.2 Å². The fraction of sp³-hybridized carbons (Fsp3) is 0.105. The number of hydrogen-bond donors (Lipinski definition) is 1. The van der Waals surface area contributed by atoms with E-state index in [0.717, 1.165) is 27.9 Å². The monoisotopic (exact) mass is 353 g/mol. The molecule has 0 aliphatic rings. The van der Waals surface area contributed by atoms with Crippen molar-refractivity contribution in [2.24, 2.45) is 0 Å². The third kappa shape index (κ3) is 2.81. The van der Waals surface area contributed by atoms with Gasteiger partial charge in [-0.05, 0) is 47.8 Å². The van der Waals surface area contributed by atoms with Gasteiger partial charge in [0.2, 0.25) is 5.76 Å². The second-order valence-electron chi connectivity index (χ2n) is 5.62. The first kappa shape index (κ1) is 15.5. The third-order valence-corrected chi connectivity index (χ3v) is 4.80. The number of aromatic nitrogens is 1. The number of furan rings is 1. The van der Waals surface area contributed by atoms with Gasteiger partial charge in [-0.2, -0.15) is 11.3 Å². The van der Waals surface area contributed by atoms with Crippen LogP contribution in [0.5, 0.6) is 5.75 Å². The van der Waals surface area contributed by atoms with Crippen LogP contribution < -0.4 is 4.74 Å². The lowest BCUT2D eigenvalue weighted by molar-refractivity contribution is 0.0660. The van der Waals surface area contributed by atoms with E-state index in [0.29, 0.717) is 12.3 Å². The van der Waals surface area contributed by atoms with Gasteiger partial charge in [0, 0.05) is 21.8 Å². The van der Waals surface area contributed by atoms with Crippen LogP contribution in [-0.4, -0.2) is 22.8 Å². The highest BCUT2D eigenvalue weighted by atomic mass is 32.1. The van der Waals surface area contributed by atoms with Crippen LogP contribution in [0.25, 0.3) is 22.2 Å². The van der Waals surface area contributed by atoms with Crippen LogP contribution in [0.2, 0.25) is 0 Å². The highest BCUT2D eigenvalue weighted by molar-refractivity contribution is 7.08. The summed E-state index contributed by atoms with van der Waals surface area (Å²) in [6.07, 6.45) is 0. The molecular weight excluding hydrogens is 338 g/mol. The van der Waals surface area contributed by atoms with Gasteiger partial charge in [0.15, 0.2) is 0 Å². The van der Waals surface area contributed by atoms with Crippen LogP contribution >= 0.6 is 11.3 Å². The van der Waals surface area contributed by atoms with Crippen LogP contribution in [0.1, 0.15) is 16.3 Å². The predicted molar refractivity (Wildman–Crippen MR) is 96.6 cm³/mol. The zero-order chi connectivity index (χ0) is 17.4. The van der Waals surface area contributed by atoms with Crippen LogP contribution in [0, 0.1) is 0 Å². The summed E-state index contributed by atoms with van der Waals surface area (Å²) in [6, 6.07) is 13.3. The molecule has 0 atom stereocenters. The molecule has 0 amide bonds. The van der Waals surface area contributed by atoms with Gasteiger partial charge in [-0.25, -0.2) is 4.79 Å². The van der Waals surface area contributed by atoms with Crippen LogP contribution in [0.15, 0.2) is 57.6 Å². The molecule has 0 saturated carbocycles. The smallest absolute Gasteiger partial charge is 0.371 e. The molecule has 4 rings (SSSR count). The first-order valence-corrected chi connectivity index (χ1v) is 8.62. The van der Waals surface area contributed by atoms with Crippen LogP contribution in [0.3, 0.4) is 0 Å². The van der Waals surface area contributed by atoms with E-state index in [-0.39, 0.29) is 5.76 Å². The lowest BCUT2D eigenvalue weighted by atomic mass is 10.2. The average Bonchev–Trinajstić information content (AvgIpc) is 3.34. The van der Waals surface area contributed by atoms with Gasteiger partial charge in [0.25, 0.3) is 0 Å². The fourth-order valence-electron chi connectivity index (χ4n) is 2.93. The Morgan fingerprint density at radius 3 is 2.80 bits per heavy atom. The summed E-state index contributed by atoms with van der Waals surface area (Å²) in [7, 11) is 1.65. The number of fused-ring (bicyclic) bond motifs is 1. The van der Waals surface area contributed by atoms with Crippen LogP contribution in [-0.2, 0) is 6.54 Å². The van der Waals surface area contributed by atoms with Gasteiger partial charge < -0.3 is 18.8 Å². The van der Waals surface area contributed by atoms with Crippen molar-refractivity contribution < 1.29 is 19.1 Å². The van der Waals surface area contributed by atoms with Crippen molar-refractivity contribution in [2.45, 2.75) is 6.54 Å². The molecule has 4 aromatic rings. The number of carboxylic acid groups (broad SMARTS) is 1. The zero-order valence-electron chi connectivity index (χ0n) is 13.4. The molecule has 1 aromatic carbocycles. The maximum absolute atomic E-state index is 11.0. The highest BCUT2D eigenvalue weighted by Crippen LogP contribution is 2.32. The summed E-state index contributed by atoms with van der Waals surface area (Å²) in [5.74, 6) is 0.284. The standard InChI is InChI=1S/C19H15NO4S/c1-23-14-2-4-16-13(8-14)9-17(12-6-7-25-11-12)20(16)10-15-3-5-18(24-15)19(21)22/h2-9,11H,10H2,1H3,(H,21,22). The summed E-state index contributed by atoms with van der Waals surface area (Å²) in [4.78, 5) is 11.0. The highest BCUT2D eigenvalue weighted by Gasteiger charge is 2.15. The lowest BCUT2D eigenvalue weighted by Crippen LogP contribution is -2.00. The number of aromatic carboxylic acids is 1. The fourth-order valence-corrected chi connectivity index (χ4v) is 3.58. The number of rotatable bonds is 5. The van der Waals surface area contributed by atoms with Crippen molar-refractivity contribution in [2.75, 3.05) is 7.11 Å². The SMILES string of the molecule is COc1ccc2c(c1)cc(-c1ccsc1)n2Cc1ccc(C(=O)O)o1. The summed E-state index contributed by atoms with van der Waals surface area (Å²) >= 11 is 1.64. The van der Waals surface area contributed by atoms with Gasteiger partial charge in [0.05, 0.1) is 19.3 Å². The molecule has 6 heteroatoms. The minimum atomic E-state index is -1.06. The molecule has 0 aliphatic heterocycles. The molecule has 126 valence electrons. The van der Waals surface area contributed by atoms with Crippen molar-refractivity contribution in [3.8, 4) is 17.0 Å². The number of benzene rings is 1. The molecule has 0 aliphatic carbocycles. The van der Waals surface area contributed by atoms with E-state index in [1.807, 2.05) is 23.6 Å². The minimum absolute atomic E-state index is 0.0507. The number of hydrogen-bond acceptors (Lipinski definition) is 4. The van der Waals surface area contributed by atoms with E-state index in [9.17, 15) is 4.79 Å². The average molecular weight is 353 g/mol. The number of nitrogens with zero attached hydrogens (tertiary/aromatic N) is 1. The summed E-state index contributed by atoms with van der Waals surface area (Å²) in [5, 5.41) is 14.2. The quantitative estimate of drug-likeness (QED) is 0.564. The Balaban J connectivity index is 1.84. The van der Waals surface area contributed by atoms with E-state index in [1.54, 1.807) is 24.5 Å². The molecule has 5 nitrogen and oxygen atoms in total. The topological polar surface area (TPSA) is 64.6 Å². The molecule has 0 unspecified atom stereocenters. The maximum atomic E-state index is 11.0. The van der Waals surface area contributed by atoms with Gasteiger partial charge in [0.1, 0.15) is 11.5 Å². The van der Waals surface area contributed by atoms with Crippen LogP contribution in [0.4, 0.5) is 0 Å². The largest absolute Gasteiger partial charge is 0.497 e. The molecule has 3 aromatic heterocycles. The Bertz CT molecular complexity index is 1040. The van der Waals surface area contributed by atoms with E-state index in [1.165, 1.54) is 6.07 Å². The summed E-state index contributed by atoms with van der Waals surface area (Å²) in [6.45, 7) is 0.453. The van der Waals surface area contributed by atoms with Gasteiger partial charge in [-0.1, -0.05) is 0 Å². The lowest BCUT2D eigenvalue weighted by Gasteiger charge is -2.09. The Labute approximate surface area is 147 Å². The third-order valence-electron chi connectivity index (χ3n) is 4.11. The zero-order valence-corrected chi connectivity index (χ0v) is 14.2. The van der Waals surface area contributed by atoms with Gasteiger partial charge >= 0.3 is 5.97 Å². The molecule has 0 spiro atoms. The second kappa shape index (κ2) is 6.14. The van der Waals surface area contributed by atoms with E-state index < -0.39 is 5.97 Å². The first-order valence-electron chi connectivity index (χ1n) is 7.67. The van der Waals surface area contributed by atoms with Gasteiger partial charge in [-0.3, -0.25) is 0 Å². The minimum Gasteiger partial charge on any atom is -0.497 e. The van der Waals surface area contributed by atoms with E-state index in [4.69, 9.17) is 14.3 Å². The van der Waals surface area contributed by atoms with E-state index >= 15 is 0 Å². The normalized spacial score (nSPS) is 11.1. The summed E-state index contributed by atoms with van der Waals surface area (Å²) < 4.78 is 12.9. The molecule has 0 bridgehead atoms. The molecule has 3 heterocycles. The van der Waals surface area contributed by atoms with Gasteiger partial charge in [-0.15, -0.1) is 0 Å². The Morgan fingerprint density at radius 1 is 1.24 bits per heavy atom. The Hall–Kier alpha value is -2.99. The van der Waals surface area contributed by atoms with Crippen molar-refractivity contribution in [3.63, 3.8) is 0 Å². The number of thiophene rings is 1. The van der Waals surface area contributed by atoms with Crippen molar-refractivity contribution in [3.05, 3.63) is 64.7 Å². The van der Waals surface area contributed by atoms with E-state index in [2.05, 4.69) is 22.1 Å². The summed E-state index contributed by atoms with van der Waals surface area (Å²) in [5.41, 5.74) is 3.21. The molecular formula is C19H15NO4S. The molecule has 25 heavy (non-hydrogen) atoms. The first-order chi connectivity index (χ1) is 12.2. The predicted octanol–water partition coefficient (Wildman–Crippen LogP) is 4.72.